The fourth-order valence-electron chi connectivity index (χ4n) is 2.88. The van der Waals surface area contributed by atoms with Crippen LogP contribution in [0.1, 0.15) is 21.9 Å². The molecule has 28 heavy (non-hydrogen) atoms. The van der Waals surface area contributed by atoms with Crippen LogP contribution in [0.25, 0.3) is 11.5 Å². The van der Waals surface area contributed by atoms with Crippen molar-refractivity contribution in [3.05, 3.63) is 83.0 Å². The van der Waals surface area contributed by atoms with Crippen LogP contribution in [0, 0.1) is 13.8 Å². The SMILES string of the molecule is Cc1cc(C)n(-c2ccc(Cl)c(C(=O)Nc3ccc(-n4cccn4)cc3)n2)n1. The van der Waals surface area contributed by atoms with Gasteiger partial charge in [0.15, 0.2) is 5.82 Å². The van der Waals surface area contributed by atoms with Crippen molar-refractivity contribution in [1.82, 2.24) is 24.5 Å². The zero-order chi connectivity index (χ0) is 19.7. The Morgan fingerprint density at radius 3 is 2.54 bits per heavy atom. The predicted molar refractivity (Wildman–Crippen MR) is 107 cm³/mol. The maximum atomic E-state index is 12.7. The van der Waals surface area contributed by atoms with E-state index in [1.54, 1.807) is 39.8 Å². The molecule has 4 aromatic rings. The van der Waals surface area contributed by atoms with Gasteiger partial charge in [0.25, 0.3) is 5.91 Å². The van der Waals surface area contributed by atoms with Crippen molar-refractivity contribution in [3.8, 4) is 11.5 Å². The molecule has 0 fully saturated rings. The van der Waals surface area contributed by atoms with Gasteiger partial charge in [-0.1, -0.05) is 11.6 Å². The second-order valence-electron chi connectivity index (χ2n) is 6.29. The zero-order valence-electron chi connectivity index (χ0n) is 15.3. The van der Waals surface area contributed by atoms with E-state index in [-0.39, 0.29) is 16.6 Å². The second-order valence-corrected chi connectivity index (χ2v) is 6.70. The Hall–Kier alpha value is -3.45. The van der Waals surface area contributed by atoms with Gasteiger partial charge in [-0.2, -0.15) is 10.2 Å². The summed E-state index contributed by atoms with van der Waals surface area (Å²) in [4.78, 5) is 17.1. The number of aromatic nitrogens is 5. The summed E-state index contributed by atoms with van der Waals surface area (Å²) in [6.07, 6.45) is 3.56. The third-order valence-electron chi connectivity index (χ3n) is 4.17. The fourth-order valence-corrected chi connectivity index (χ4v) is 3.07. The van der Waals surface area contributed by atoms with Gasteiger partial charge in [0.2, 0.25) is 0 Å². The third kappa shape index (κ3) is 3.52. The molecule has 4 rings (SSSR count). The van der Waals surface area contributed by atoms with Crippen molar-refractivity contribution >= 4 is 23.2 Å². The molecule has 0 aliphatic heterocycles. The van der Waals surface area contributed by atoms with Crippen molar-refractivity contribution in [3.63, 3.8) is 0 Å². The summed E-state index contributed by atoms with van der Waals surface area (Å²) in [5.74, 6) is 0.148. The van der Waals surface area contributed by atoms with Crippen LogP contribution in [0.4, 0.5) is 5.69 Å². The number of benzene rings is 1. The lowest BCUT2D eigenvalue weighted by Gasteiger charge is -2.10. The summed E-state index contributed by atoms with van der Waals surface area (Å²) in [6, 6.07) is 14.5. The van der Waals surface area contributed by atoms with Gasteiger partial charge in [0.05, 0.1) is 16.4 Å². The van der Waals surface area contributed by atoms with Crippen LogP contribution in [0.5, 0.6) is 0 Å². The highest BCUT2D eigenvalue weighted by Crippen LogP contribution is 2.20. The van der Waals surface area contributed by atoms with Gasteiger partial charge < -0.3 is 5.32 Å². The summed E-state index contributed by atoms with van der Waals surface area (Å²) in [5.41, 5.74) is 3.47. The highest BCUT2D eigenvalue weighted by molar-refractivity contribution is 6.34. The van der Waals surface area contributed by atoms with Gasteiger partial charge in [-0.05, 0) is 62.4 Å². The van der Waals surface area contributed by atoms with Crippen molar-refractivity contribution < 1.29 is 4.79 Å². The number of amides is 1. The molecule has 0 spiro atoms. The molecular formula is C20H17ClN6O. The topological polar surface area (TPSA) is 77.6 Å². The Balaban J connectivity index is 1.58. The largest absolute Gasteiger partial charge is 0.321 e. The first-order valence-electron chi connectivity index (χ1n) is 8.63. The number of anilines is 1. The minimum Gasteiger partial charge on any atom is -0.321 e. The summed E-state index contributed by atoms with van der Waals surface area (Å²) >= 11 is 6.22. The molecule has 0 radical (unpaired) electrons. The average Bonchev–Trinajstić information content (AvgIpc) is 3.32. The van der Waals surface area contributed by atoms with Crippen LogP contribution in [-0.4, -0.2) is 30.5 Å². The molecule has 3 aromatic heterocycles. The van der Waals surface area contributed by atoms with Crippen molar-refractivity contribution in [2.75, 3.05) is 5.32 Å². The molecule has 3 heterocycles. The highest BCUT2D eigenvalue weighted by atomic mass is 35.5. The highest BCUT2D eigenvalue weighted by Gasteiger charge is 2.15. The number of carbonyl (C=O) groups excluding carboxylic acids is 1. The number of nitrogens with zero attached hydrogens (tertiary/aromatic N) is 5. The molecule has 1 N–H and O–H groups in total. The summed E-state index contributed by atoms with van der Waals surface area (Å²) < 4.78 is 3.42. The lowest BCUT2D eigenvalue weighted by Crippen LogP contribution is -2.16. The fraction of sp³-hybridized carbons (Fsp3) is 0.100. The summed E-state index contributed by atoms with van der Waals surface area (Å²) in [6.45, 7) is 3.83. The number of nitrogens with one attached hydrogen (secondary N) is 1. The number of rotatable bonds is 4. The standard InChI is InChI=1S/C20H17ClN6O/c1-13-12-14(2)27(25-13)18-9-8-17(21)19(24-18)20(28)23-15-4-6-16(7-5-15)26-11-3-10-22-26/h3-12H,1-2H3,(H,23,28). The van der Waals surface area contributed by atoms with E-state index in [4.69, 9.17) is 11.6 Å². The summed E-state index contributed by atoms with van der Waals surface area (Å²) in [7, 11) is 0. The van der Waals surface area contributed by atoms with Crippen LogP contribution in [0.3, 0.4) is 0 Å². The molecular weight excluding hydrogens is 376 g/mol. The Labute approximate surface area is 166 Å². The van der Waals surface area contributed by atoms with Crippen LogP contribution >= 0.6 is 11.6 Å². The molecule has 0 aliphatic carbocycles. The maximum Gasteiger partial charge on any atom is 0.275 e. The Bertz CT molecular complexity index is 1130. The lowest BCUT2D eigenvalue weighted by molar-refractivity contribution is 0.102. The molecule has 140 valence electrons. The van der Waals surface area contributed by atoms with Gasteiger partial charge in [0, 0.05) is 23.8 Å². The van der Waals surface area contributed by atoms with Gasteiger partial charge in [0.1, 0.15) is 5.69 Å². The number of halogens is 1. The van der Waals surface area contributed by atoms with Gasteiger partial charge in [-0.3, -0.25) is 4.79 Å². The maximum absolute atomic E-state index is 12.7. The molecule has 0 saturated carbocycles. The minimum atomic E-state index is -0.389. The molecule has 0 saturated heterocycles. The van der Waals surface area contributed by atoms with E-state index in [0.29, 0.717) is 11.5 Å². The van der Waals surface area contributed by atoms with E-state index in [1.165, 1.54) is 0 Å². The van der Waals surface area contributed by atoms with E-state index < -0.39 is 0 Å². The van der Waals surface area contributed by atoms with Crippen LogP contribution in [0.2, 0.25) is 5.02 Å². The molecule has 0 aliphatic rings. The van der Waals surface area contributed by atoms with E-state index in [0.717, 1.165) is 17.1 Å². The average molecular weight is 393 g/mol. The minimum absolute atomic E-state index is 0.142. The quantitative estimate of drug-likeness (QED) is 0.570. The first-order valence-corrected chi connectivity index (χ1v) is 9.01. The predicted octanol–water partition coefficient (Wildman–Crippen LogP) is 3.98. The molecule has 8 heteroatoms. The lowest BCUT2D eigenvalue weighted by atomic mass is 10.2. The summed E-state index contributed by atoms with van der Waals surface area (Å²) in [5, 5.41) is 11.7. The van der Waals surface area contributed by atoms with Crippen LogP contribution in [0.15, 0.2) is 60.9 Å². The third-order valence-corrected chi connectivity index (χ3v) is 4.47. The normalized spacial score (nSPS) is 10.8. The Morgan fingerprint density at radius 1 is 1.11 bits per heavy atom. The van der Waals surface area contributed by atoms with E-state index in [1.807, 2.05) is 44.3 Å². The number of hydrogen-bond acceptors (Lipinski definition) is 4. The van der Waals surface area contributed by atoms with E-state index >= 15 is 0 Å². The monoisotopic (exact) mass is 392 g/mol. The molecule has 1 aromatic carbocycles. The number of aryl methyl sites for hydroxylation is 2. The Morgan fingerprint density at radius 2 is 1.89 bits per heavy atom. The molecule has 0 bridgehead atoms. The van der Waals surface area contributed by atoms with Crippen LogP contribution < -0.4 is 5.32 Å². The zero-order valence-corrected chi connectivity index (χ0v) is 16.1. The molecule has 0 unspecified atom stereocenters. The van der Waals surface area contributed by atoms with Crippen molar-refractivity contribution in [2.24, 2.45) is 0 Å². The number of carbonyl (C=O) groups is 1. The van der Waals surface area contributed by atoms with E-state index in [2.05, 4.69) is 20.5 Å². The van der Waals surface area contributed by atoms with Crippen LogP contribution in [-0.2, 0) is 0 Å². The first kappa shape index (κ1) is 17.9. The van der Waals surface area contributed by atoms with Crippen molar-refractivity contribution in [1.29, 1.82) is 0 Å². The Kier molecular flexibility index (Phi) is 4.67. The number of hydrogen-bond donors (Lipinski definition) is 1. The van der Waals surface area contributed by atoms with E-state index in [9.17, 15) is 4.79 Å². The smallest absolute Gasteiger partial charge is 0.275 e. The second kappa shape index (κ2) is 7.28. The van der Waals surface area contributed by atoms with Gasteiger partial charge >= 0.3 is 0 Å². The first-order chi connectivity index (χ1) is 13.5. The van der Waals surface area contributed by atoms with Gasteiger partial charge in [-0.25, -0.2) is 14.3 Å². The van der Waals surface area contributed by atoms with Gasteiger partial charge in [-0.15, -0.1) is 0 Å². The van der Waals surface area contributed by atoms with Crippen molar-refractivity contribution in [2.45, 2.75) is 13.8 Å². The molecule has 7 nitrogen and oxygen atoms in total. The molecule has 1 amide bonds. The molecule has 0 atom stereocenters. The number of pyridine rings is 1.